The lowest BCUT2D eigenvalue weighted by atomic mass is 10.1. The second-order valence-electron chi connectivity index (χ2n) is 6.70. The van der Waals surface area contributed by atoms with E-state index < -0.39 is 0 Å². The molecule has 2 N–H and O–H groups in total. The Morgan fingerprint density at radius 1 is 0.897 bits per heavy atom. The van der Waals surface area contributed by atoms with Gasteiger partial charge in [0.25, 0.3) is 0 Å². The van der Waals surface area contributed by atoms with Gasteiger partial charge in [-0.25, -0.2) is 4.98 Å². The van der Waals surface area contributed by atoms with Gasteiger partial charge in [-0.3, -0.25) is 15.1 Å². The molecule has 0 bridgehead atoms. The van der Waals surface area contributed by atoms with Crippen molar-refractivity contribution in [2.45, 2.75) is 0 Å². The van der Waals surface area contributed by atoms with Gasteiger partial charge < -0.3 is 4.98 Å². The molecule has 0 unspecified atom stereocenters. The van der Waals surface area contributed by atoms with Gasteiger partial charge in [-0.2, -0.15) is 5.10 Å². The van der Waals surface area contributed by atoms with E-state index in [2.05, 4.69) is 65.8 Å². The zero-order valence-corrected chi connectivity index (χ0v) is 15.9. The number of pyridine rings is 3. The molecule has 6 rings (SSSR count). The molecule has 7 heteroatoms. The van der Waals surface area contributed by atoms with Crippen LogP contribution in [0.15, 0.2) is 72.6 Å². The number of rotatable bonds is 3. The fraction of sp³-hybridized carbons (Fsp3) is 0. The molecule has 6 aromatic rings. The third kappa shape index (κ3) is 2.63. The number of hydrogen-bond acceptors (Lipinski definition) is 5. The van der Waals surface area contributed by atoms with Crippen LogP contribution >= 0.6 is 11.3 Å². The molecule has 6 nitrogen and oxygen atoms in total. The molecule has 138 valence electrons. The van der Waals surface area contributed by atoms with Gasteiger partial charge in [-0.15, -0.1) is 11.3 Å². The largest absolute Gasteiger partial charge is 0.338 e. The van der Waals surface area contributed by atoms with Gasteiger partial charge in [0.1, 0.15) is 11.3 Å². The number of thiophene rings is 1. The minimum absolute atomic E-state index is 0.852. The van der Waals surface area contributed by atoms with Crippen molar-refractivity contribution in [1.29, 1.82) is 0 Å². The van der Waals surface area contributed by atoms with Crippen LogP contribution in [0, 0.1) is 0 Å². The fourth-order valence-corrected chi connectivity index (χ4v) is 4.37. The summed E-state index contributed by atoms with van der Waals surface area (Å²) in [6, 6.07) is 14.3. The normalized spacial score (nSPS) is 11.4. The average molecular weight is 394 g/mol. The third-order valence-electron chi connectivity index (χ3n) is 5.00. The van der Waals surface area contributed by atoms with Crippen molar-refractivity contribution in [3.63, 3.8) is 0 Å². The maximum Gasteiger partial charge on any atom is 0.138 e. The SMILES string of the molecule is c1csc(-c2ccnc3[nH]c(-c4n[nH]c5cnc(-c6ccncc6)cc45)cc23)c1. The summed E-state index contributed by atoms with van der Waals surface area (Å²) in [6.45, 7) is 0. The highest BCUT2D eigenvalue weighted by Crippen LogP contribution is 2.35. The van der Waals surface area contributed by atoms with E-state index in [1.165, 1.54) is 10.4 Å². The molecular weight excluding hydrogens is 380 g/mol. The highest BCUT2D eigenvalue weighted by Gasteiger charge is 2.15. The van der Waals surface area contributed by atoms with Crippen LogP contribution in [-0.4, -0.2) is 30.1 Å². The van der Waals surface area contributed by atoms with Gasteiger partial charge in [0.15, 0.2) is 0 Å². The minimum Gasteiger partial charge on any atom is -0.338 e. The van der Waals surface area contributed by atoms with E-state index in [1.807, 2.05) is 24.5 Å². The predicted molar refractivity (Wildman–Crippen MR) is 116 cm³/mol. The van der Waals surface area contributed by atoms with Gasteiger partial charge in [0, 0.05) is 45.4 Å². The first-order valence-electron chi connectivity index (χ1n) is 9.13. The van der Waals surface area contributed by atoms with Crippen molar-refractivity contribution in [1.82, 2.24) is 30.1 Å². The van der Waals surface area contributed by atoms with Crippen molar-refractivity contribution < 1.29 is 0 Å². The van der Waals surface area contributed by atoms with E-state index in [1.54, 1.807) is 23.7 Å². The topological polar surface area (TPSA) is 83.1 Å². The summed E-state index contributed by atoms with van der Waals surface area (Å²) in [7, 11) is 0. The lowest BCUT2D eigenvalue weighted by Gasteiger charge is -2.00. The monoisotopic (exact) mass is 394 g/mol. The Hall–Kier alpha value is -3.84. The molecule has 0 aliphatic heterocycles. The van der Waals surface area contributed by atoms with Crippen molar-refractivity contribution in [2.24, 2.45) is 0 Å². The average Bonchev–Trinajstić information content (AvgIpc) is 3.52. The summed E-state index contributed by atoms with van der Waals surface area (Å²) < 4.78 is 0. The fourth-order valence-electron chi connectivity index (χ4n) is 3.60. The van der Waals surface area contributed by atoms with Crippen LogP contribution in [0.2, 0.25) is 0 Å². The van der Waals surface area contributed by atoms with Crippen LogP contribution in [0.3, 0.4) is 0 Å². The van der Waals surface area contributed by atoms with Gasteiger partial charge in [0.2, 0.25) is 0 Å². The zero-order valence-electron chi connectivity index (χ0n) is 15.1. The van der Waals surface area contributed by atoms with Crippen molar-refractivity contribution in [3.8, 4) is 33.1 Å². The predicted octanol–water partition coefficient (Wildman–Crippen LogP) is 5.29. The molecule has 29 heavy (non-hydrogen) atoms. The van der Waals surface area contributed by atoms with Gasteiger partial charge in [0.05, 0.1) is 23.1 Å². The van der Waals surface area contributed by atoms with E-state index >= 15 is 0 Å². The van der Waals surface area contributed by atoms with Crippen LogP contribution in [-0.2, 0) is 0 Å². The summed E-state index contributed by atoms with van der Waals surface area (Å²) in [5.41, 5.74) is 6.60. The summed E-state index contributed by atoms with van der Waals surface area (Å²) in [5.74, 6) is 0. The first kappa shape index (κ1) is 16.1. The minimum atomic E-state index is 0.852. The van der Waals surface area contributed by atoms with Crippen molar-refractivity contribution in [2.75, 3.05) is 0 Å². The number of nitrogens with one attached hydrogen (secondary N) is 2. The highest BCUT2D eigenvalue weighted by molar-refractivity contribution is 7.13. The van der Waals surface area contributed by atoms with Crippen LogP contribution in [0.25, 0.3) is 55.0 Å². The van der Waals surface area contributed by atoms with Crippen LogP contribution in [0.5, 0.6) is 0 Å². The molecule has 0 spiro atoms. The Labute approximate surface area is 169 Å². The second-order valence-corrected chi connectivity index (χ2v) is 7.65. The maximum absolute atomic E-state index is 4.55. The Morgan fingerprint density at radius 3 is 2.69 bits per heavy atom. The Kier molecular flexibility index (Phi) is 3.54. The summed E-state index contributed by atoms with van der Waals surface area (Å²) in [4.78, 5) is 17.8. The molecule has 0 saturated carbocycles. The van der Waals surface area contributed by atoms with Crippen molar-refractivity contribution >= 4 is 33.3 Å². The van der Waals surface area contributed by atoms with E-state index in [-0.39, 0.29) is 0 Å². The Balaban J connectivity index is 1.53. The number of H-pyrrole nitrogens is 2. The molecule has 0 radical (unpaired) electrons. The standard InChI is InChI=1S/C22H14N6S/c1-2-20(29-9-1)14-5-8-24-22-15(14)10-18(26-22)21-16-11-17(13-3-6-23-7-4-13)25-12-19(16)27-28-21/h1-12H,(H,24,26)(H,27,28). The lowest BCUT2D eigenvalue weighted by Crippen LogP contribution is -1.84. The molecular formula is C22H14N6S. The van der Waals surface area contributed by atoms with Gasteiger partial charge in [-0.1, -0.05) is 6.07 Å². The number of hydrogen-bond donors (Lipinski definition) is 2. The summed E-state index contributed by atoms with van der Waals surface area (Å²) in [6.07, 6.45) is 7.20. The molecule has 6 heterocycles. The Bertz CT molecular complexity index is 1450. The molecule has 0 fully saturated rings. The molecule has 0 atom stereocenters. The molecule has 0 aliphatic carbocycles. The first-order valence-corrected chi connectivity index (χ1v) is 10.0. The van der Waals surface area contributed by atoms with Crippen molar-refractivity contribution in [3.05, 3.63) is 72.6 Å². The zero-order chi connectivity index (χ0) is 19.2. The highest BCUT2D eigenvalue weighted by atomic mass is 32.1. The number of aromatic nitrogens is 6. The molecule has 0 saturated heterocycles. The molecule has 0 amide bonds. The molecule has 6 aromatic heterocycles. The third-order valence-corrected chi connectivity index (χ3v) is 5.90. The van der Waals surface area contributed by atoms with E-state index in [0.29, 0.717) is 0 Å². The van der Waals surface area contributed by atoms with E-state index in [9.17, 15) is 0 Å². The van der Waals surface area contributed by atoms with Gasteiger partial charge >= 0.3 is 0 Å². The number of nitrogens with zero attached hydrogens (tertiary/aromatic N) is 4. The van der Waals surface area contributed by atoms with Crippen LogP contribution in [0.4, 0.5) is 0 Å². The number of fused-ring (bicyclic) bond motifs is 2. The van der Waals surface area contributed by atoms with Gasteiger partial charge in [-0.05, 0) is 41.8 Å². The van der Waals surface area contributed by atoms with E-state index in [0.717, 1.165) is 44.6 Å². The van der Waals surface area contributed by atoms with E-state index in [4.69, 9.17) is 0 Å². The lowest BCUT2D eigenvalue weighted by molar-refractivity contribution is 1.11. The maximum atomic E-state index is 4.55. The quantitative estimate of drug-likeness (QED) is 0.427. The van der Waals surface area contributed by atoms with Crippen LogP contribution in [0.1, 0.15) is 0 Å². The summed E-state index contributed by atoms with van der Waals surface area (Å²) >= 11 is 1.72. The molecule has 0 aromatic carbocycles. The second kappa shape index (κ2) is 6.35. The summed E-state index contributed by atoms with van der Waals surface area (Å²) in [5, 5.41) is 11.8. The smallest absolute Gasteiger partial charge is 0.138 e. The number of aromatic amines is 2. The first-order chi connectivity index (χ1) is 14.4. The molecule has 0 aliphatic rings. The Morgan fingerprint density at radius 2 is 1.83 bits per heavy atom. The van der Waals surface area contributed by atoms with Crippen LogP contribution < -0.4 is 0 Å².